The lowest BCUT2D eigenvalue weighted by atomic mass is 10.1. The zero-order valence-electron chi connectivity index (χ0n) is 12.5. The van der Waals surface area contributed by atoms with Crippen LogP contribution in [-0.2, 0) is 4.79 Å². The van der Waals surface area contributed by atoms with Crippen LogP contribution in [0, 0.1) is 5.41 Å². The number of ketones is 1. The van der Waals surface area contributed by atoms with E-state index in [1.54, 1.807) is 0 Å². The first kappa shape index (κ1) is 15.1. The lowest BCUT2D eigenvalue weighted by Crippen LogP contribution is -2.49. The van der Waals surface area contributed by atoms with Gasteiger partial charge in [0, 0.05) is 31.9 Å². The Kier molecular flexibility index (Phi) is 4.62. The SMILES string of the molecule is CC(=O)C(C(=N)N1CCN(c2ccccc2)CC1)=C(C)O. The zero-order valence-corrected chi connectivity index (χ0v) is 12.5. The van der Waals surface area contributed by atoms with Crippen LogP contribution in [0.2, 0.25) is 0 Å². The first-order chi connectivity index (χ1) is 10.0. The summed E-state index contributed by atoms with van der Waals surface area (Å²) in [5.74, 6) is -0.237. The van der Waals surface area contributed by atoms with Crippen molar-refractivity contribution in [2.75, 3.05) is 31.1 Å². The van der Waals surface area contributed by atoms with E-state index in [1.165, 1.54) is 19.5 Å². The van der Waals surface area contributed by atoms with Crippen LogP contribution >= 0.6 is 0 Å². The van der Waals surface area contributed by atoms with Crippen molar-refractivity contribution in [2.45, 2.75) is 13.8 Å². The summed E-state index contributed by atoms with van der Waals surface area (Å²) in [6.07, 6.45) is 0. The van der Waals surface area contributed by atoms with Crippen LogP contribution in [0.15, 0.2) is 41.7 Å². The summed E-state index contributed by atoms with van der Waals surface area (Å²) in [5.41, 5.74) is 1.28. The Labute approximate surface area is 125 Å². The Morgan fingerprint density at radius 1 is 1.10 bits per heavy atom. The standard InChI is InChI=1S/C16H21N3O2/c1-12(20)15(13(2)21)16(17)19-10-8-18(9-11-19)14-6-4-3-5-7-14/h3-7,17,20H,8-11H2,1-2H3. The van der Waals surface area contributed by atoms with Gasteiger partial charge in [-0.3, -0.25) is 10.2 Å². The van der Waals surface area contributed by atoms with Crippen molar-refractivity contribution in [3.8, 4) is 0 Å². The monoisotopic (exact) mass is 287 g/mol. The number of hydrogen-bond acceptors (Lipinski definition) is 4. The first-order valence-electron chi connectivity index (χ1n) is 7.05. The van der Waals surface area contributed by atoms with E-state index >= 15 is 0 Å². The van der Waals surface area contributed by atoms with Crippen molar-refractivity contribution in [3.05, 3.63) is 41.7 Å². The fourth-order valence-corrected chi connectivity index (χ4v) is 2.58. The molecular weight excluding hydrogens is 266 g/mol. The molecule has 2 N–H and O–H groups in total. The summed E-state index contributed by atoms with van der Waals surface area (Å²) < 4.78 is 0. The van der Waals surface area contributed by atoms with Crippen LogP contribution in [-0.4, -0.2) is 47.8 Å². The number of hydrogen-bond donors (Lipinski definition) is 2. The van der Waals surface area contributed by atoms with Gasteiger partial charge in [0.1, 0.15) is 11.6 Å². The van der Waals surface area contributed by atoms with Crippen LogP contribution in [0.25, 0.3) is 0 Å². The number of nitrogens with one attached hydrogen (secondary N) is 1. The molecule has 5 heteroatoms. The number of benzene rings is 1. The highest BCUT2D eigenvalue weighted by atomic mass is 16.3. The third-order valence-electron chi connectivity index (χ3n) is 3.67. The lowest BCUT2D eigenvalue weighted by Gasteiger charge is -2.37. The summed E-state index contributed by atoms with van der Waals surface area (Å²) in [6, 6.07) is 10.1. The maximum atomic E-state index is 11.6. The number of Topliss-reactive ketones (excluding diaryl/α,β-unsaturated/α-hetero) is 1. The van der Waals surface area contributed by atoms with E-state index in [0.29, 0.717) is 13.1 Å². The van der Waals surface area contributed by atoms with Gasteiger partial charge in [-0.25, -0.2) is 0 Å². The van der Waals surface area contributed by atoms with E-state index < -0.39 is 0 Å². The second-order valence-electron chi connectivity index (χ2n) is 5.17. The smallest absolute Gasteiger partial charge is 0.166 e. The van der Waals surface area contributed by atoms with E-state index in [1.807, 2.05) is 23.1 Å². The van der Waals surface area contributed by atoms with Gasteiger partial charge in [0.25, 0.3) is 0 Å². The summed E-state index contributed by atoms with van der Waals surface area (Å²) in [7, 11) is 0. The van der Waals surface area contributed by atoms with Gasteiger partial charge >= 0.3 is 0 Å². The average molecular weight is 287 g/mol. The van der Waals surface area contributed by atoms with E-state index in [2.05, 4.69) is 17.0 Å². The number of allylic oxidation sites excluding steroid dienone is 1. The average Bonchev–Trinajstić information content (AvgIpc) is 2.47. The third-order valence-corrected chi connectivity index (χ3v) is 3.67. The number of carbonyl (C=O) groups is 1. The van der Waals surface area contributed by atoms with Crippen LogP contribution in [0.4, 0.5) is 5.69 Å². The molecule has 0 unspecified atom stereocenters. The fourth-order valence-electron chi connectivity index (χ4n) is 2.58. The number of nitrogens with zero attached hydrogens (tertiary/aromatic N) is 2. The number of piperazine rings is 1. The van der Waals surface area contributed by atoms with E-state index in [-0.39, 0.29) is 23.0 Å². The lowest BCUT2D eigenvalue weighted by molar-refractivity contribution is -0.113. The van der Waals surface area contributed by atoms with Crippen molar-refractivity contribution in [1.29, 1.82) is 5.41 Å². The minimum atomic E-state index is -0.273. The van der Waals surface area contributed by atoms with Crippen molar-refractivity contribution in [2.24, 2.45) is 0 Å². The molecule has 1 aliphatic rings. The molecule has 1 heterocycles. The van der Waals surface area contributed by atoms with Crippen molar-refractivity contribution in [1.82, 2.24) is 4.90 Å². The second kappa shape index (κ2) is 6.43. The predicted molar refractivity (Wildman–Crippen MR) is 84.0 cm³/mol. The Bertz CT molecular complexity index is 554. The third kappa shape index (κ3) is 3.42. The summed E-state index contributed by atoms with van der Waals surface area (Å²) >= 11 is 0. The molecule has 0 saturated carbocycles. The quantitative estimate of drug-likeness (QED) is 0.387. The van der Waals surface area contributed by atoms with Gasteiger partial charge in [-0.15, -0.1) is 0 Å². The molecule has 0 amide bonds. The molecule has 0 aliphatic carbocycles. The molecule has 0 bridgehead atoms. The van der Waals surface area contributed by atoms with E-state index in [0.717, 1.165) is 13.1 Å². The molecule has 1 aliphatic heterocycles. The van der Waals surface area contributed by atoms with E-state index in [9.17, 15) is 9.90 Å². The first-order valence-corrected chi connectivity index (χ1v) is 7.05. The molecule has 0 atom stereocenters. The number of carbonyl (C=O) groups excluding carboxylic acids is 1. The van der Waals surface area contributed by atoms with Crippen LogP contribution < -0.4 is 4.90 Å². The Morgan fingerprint density at radius 2 is 1.67 bits per heavy atom. The molecule has 1 aromatic rings. The highest BCUT2D eigenvalue weighted by molar-refractivity contribution is 6.19. The molecule has 0 aromatic heterocycles. The predicted octanol–water partition coefficient (Wildman–Crippen LogP) is 2.21. The molecule has 0 radical (unpaired) electrons. The Hall–Kier alpha value is -2.30. The van der Waals surface area contributed by atoms with Gasteiger partial charge in [0.2, 0.25) is 0 Å². The molecule has 21 heavy (non-hydrogen) atoms. The van der Waals surface area contributed by atoms with Crippen LogP contribution in [0.1, 0.15) is 13.8 Å². The minimum absolute atomic E-state index is 0.0852. The zero-order chi connectivity index (χ0) is 15.4. The molecule has 5 nitrogen and oxygen atoms in total. The maximum absolute atomic E-state index is 11.6. The van der Waals surface area contributed by atoms with Crippen molar-refractivity contribution >= 4 is 17.3 Å². The highest BCUT2D eigenvalue weighted by Crippen LogP contribution is 2.17. The molecule has 112 valence electrons. The molecule has 1 fully saturated rings. The second-order valence-corrected chi connectivity index (χ2v) is 5.17. The van der Waals surface area contributed by atoms with Gasteiger partial charge in [0.15, 0.2) is 5.78 Å². The van der Waals surface area contributed by atoms with Crippen LogP contribution in [0.3, 0.4) is 0 Å². The van der Waals surface area contributed by atoms with E-state index in [4.69, 9.17) is 5.41 Å². The van der Waals surface area contributed by atoms with Gasteiger partial charge in [-0.2, -0.15) is 0 Å². The number of aliphatic hydroxyl groups is 1. The Morgan fingerprint density at radius 3 is 2.14 bits per heavy atom. The van der Waals surface area contributed by atoms with Crippen molar-refractivity contribution in [3.63, 3.8) is 0 Å². The molecular formula is C16H21N3O2. The maximum Gasteiger partial charge on any atom is 0.166 e. The highest BCUT2D eigenvalue weighted by Gasteiger charge is 2.24. The Balaban J connectivity index is 2.03. The number of rotatable bonds is 3. The number of amidine groups is 1. The van der Waals surface area contributed by atoms with Gasteiger partial charge in [0.05, 0.1) is 5.57 Å². The number of anilines is 1. The summed E-state index contributed by atoms with van der Waals surface area (Å²) in [4.78, 5) is 15.7. The number of para-hydroxylation sites is 1. The normalized spacial score (nSPS) is 16.5. The summed E-state index contributed by atoms with van der Waals surface area (Å²) in [6.45, 7) is 5.75. The fraction of sp³-hybridized carbons (Fsp3) is 0.375. The minimum Gasteiger partial charge on any atom is -0.512 e. The van der Waals surface area contributed by atoms with Gasteiger partial charge in [-0.1, -0.05) is 18.2 Å². The molecule has 1 aromatic carbocycles. The molecule has 0 spiro atoms. The molecule has 2 rings (SSSR count). The van der Waals surface area contributed by atoms with Crippen LogP contribution in [0.5, 0.6) is 0 Å². The summed E-state index contributed by atoms with van der Waals surface area (Å²) in [5, 5.41) is 17.7. The van der Waals surface area contributed by atoms with Gasteiger partial charge in [-0.05, 0) is 26.0 Å². The van der Waals surface area contributed by atoms with Crippen molar-refractivity contribution < 1.29 is 9.90 Å². The molecule has 1 saturated heterocycles. The number of aliphatic hydroxyl groups excluding tert-OH is 1. The largest absolute Gasteiger partial charge is 0.512 e. The topological polar surface area (TPSA) is 67.6 Å². The van der Waals surface area contributed by atoms with Gasteiger partial charge < -0.3 is 14.9 Å².